The lowest BCUT2D eigenvalue weighted by atomic mass is 10.0. The summed E-state index contributed by atoms with van der Waals surface area (Å²) in [5, 5.41) is 0. The van der Waals surface area contributed by atoms with E-state index in [4.69, 9.17) is 4.74 Å². The predicted molar refractivity (Wildman–Crippen MR) is 92.0 cm³/mol. The van der Waals surface area contributed by atoms with Crippen LogP contribution in [0.3, 0.4) is 0 Å². The molecule has 0 saturated carbocycles. The van der Waals surface area contributed by atoms with Crippen molar-refractivity contribution in [2.75, 3.05) is 20.2 Å². The highest BCUT2D eigenvalue weighted by Gasteiger charge is 2.25. The van der Waals surface area contributed by atoms with Gasteiger partial charge in [0, 0.05) is 19.0 Å². The van der Waals surface area contributed by atoms with Crippen LogP contribution in [0.15, 0.2) is 30.3 Å². The molecule has 1 aromatic carbocycles. The molecule has 0 saturated heterocycles. The molecule has 0 aliphatic heterocycles. The van der Waals surface area contributed by atoms with Gasteiger partial charge in [0.2, 0.25) is 5.91 Å². The van der Waals surface area contributed by atoms with Crippen molar-refractivity contribution < 1.29 is 14.3 Å². The molecule has 0 aliphatic rings. The van der Waals surface area contributed by atoms with Crippen LogP contribution in [0.2, 0.25) is 0 Å². The van der Waals surface area contributed by atoms with Crippen molar-refractivity contribution in [3.63, 3.8) is 0 Å². The molecule has 4 heteroatoms. The number of carbonyl (C=O) groups excluding carboxylic acids is 2. The van der Waals surface area contributed by atoms with Gasteiger partial charge in [-0.2, -0.15) is 0 Å². The zero-order chi connectivity index (χ0) is 17.2. The van der Waals surface area contributed by atoms with Crippen molar-refractivity contribution in [3.05, 3.63) is 35.9 Å². The molecule has 1 rings (SSSR count). The second kappa shape index (κ2) is 10.0. The summed E-state index contributed by atoms with van der Waals surface area (Å²) in [6.45, 7) is 6.91. The summed E-state index contributed by atoms with van der Waals surface area (Å²) in [6.07, 6.45) is 2.44. The smallest absolute Gasteiger partial charge is 0.310 e. The fourth-order valence-electron chi connectivity index (χ4n) is 2.70. The van der Waals surface area contributed by atoms with E-state index >= 15 is 0 Å². The molecule has 1 amide bonds. The molecule has 0 bridgehead atoms. The number of hydrogen-bond donors (Lipinski definition) is 0. The number of hydrogen-bond acceptors (Lipinski definition) is 3. The van der Waals surface area contributed by atoms with Crippen molar-refractivity contribution in [1.29, 1.82) is 0 Å². The lowest BCUT2D eigenvalue weighted by Gasteiger charge is -2.28. The summed E-state index contributed by atoms with van der Waals surface area (Å²) in [5.74, 6) is -0.418. The number of methoxy groups -OCH3 is 1. The molecule has 128 valence electrons. The molecule has 0 heterocycles. The van der Waals surface area contributed by atoms with Crippen molar-refractivity contribution >= 4 is 11.9 Å². The van der Waals surface area contributed by atoms with Crippen LogP contribution in [0.5, 0.6) is 0 Å². The van der Waals surface area contributed by atoms with Crippen LogP contribution in [0.1, 0.15) is 39.2 Å². The fraction of sp³-hybridized carbons (Fsp3) is 0.579. The van der Waals surface area contributed by atoms with Crippen LogP contribution in [0, 0.1) is 11.8 Å². The molecule has 1 unspecified atom stereocenters. The average Bonchev–Trinajstić information content (AvgIpc) is 2.59. The van der Waals surface area contributed by atoms with Crippen LogP contribution in [-0.4, -0.2) is 37.0 Å². The Balaban J connectivity index is 2.78. The fourth-order valence-corrected chi connectivity index (χ4v) is 2.70. The minimum atomic E-state index is -0.311. The highest BCUT2D eigenvalue weighted by Crippen LogP contribution is 2.15. The summed E-state index contributed by atoms with van der Waals surface area (Å²) >= 11 is 0. The Bertz CT molecular complexity index is 483. The van der Waals surface area contributed by atoms with E-state index in [0.29, 0.717) is 13.1 Å². The Morgan fingerprint density at radius 2 is 1.74 bits per heavy atom. The van der Waals surface area contributed by atoms with Gasteiger partial charge in [-0.25, -0.2) is 0 Å². The van der Waals surface area contributed by atoms with Gasteiger partial charge in [-0.15, -0.1) is 0 Å². The average molecular weight is 319 g/mol. The summed E-state index contributed by atoms with van der Waals surface area (Å²) in [7, 11) is 1.38. The van der Waals surface area contributed by atoms with Crippen LogP contribution in [0.25, 0.3) is 0 Å². The third-order valence-electron chi connectivity index (χ3n) is 4.26. The minimum absolute atomic E-state index is 0.0237. The third-order valence-corrected chi connectivity index (χ3v) is 4.26. The number of esters is 1. The van der Waals surface area contributed by atoms with E-state index in [1.807, 2.05) is 43.9 Å². The highest BCUT2D eigenvalue weighted by molar-refractivity contribution is 5.80. The van der Waals surface area contributed by atoms with Gasteiger partial charge < -0.3 is 9.64 Å². The van der Waals surface area contributed by atoms with Gasteiger partial charge in [0.05, 0.1) is 13.0 Å². The first-order chi connectivity index (χ1) is 11.0. The lowest BCUT2D eigenvalue weighted by molar-refractivity contribution is -0.147. The molecular weight excluding hydrogens is 290 g/mol. The molecule has 0 N–H and O–H groups in total. The van der Waals surface area contributed by atoms with E-state index in [0.717, 1.165) is 19.3 Å². The summed E-state index contributed by atoms with van der Waals surface area (Å²) in [5.41, 5.74) is 1.19. The van der Waals surface area contributed by atoms with Gasteiger partial charge in [0.1, 0.15) is 0 Å². The normalized spacial score (nSPS) is 12.0. The predicted octanol–water partition coefficient (Wildman–Crippen LogP) is 3.30. The zero-order valence-electron chi connectivity index (χ0n) is 14.7. The lowest BCUT2D eigenvalue weighted by Crippen LogP contribution is -2.41. The number of amides is 1. The van der Waals surface area contributed by atoms with Crippen LogP contribution in [-0.2, 0) is 20.7 Å². The van der Waals surface area contributed by atoms with E-state index in [9.17, 15) is 9.59 Å². The molecule has 0 aromatic heterocycles. The maximum atomic E-state index is 12.7. The van der Waals surface area contributed by atoms with Gasteiger partial charge in [-0.3, -0.25) is 9.59 Å². The molecule has 0 fully saturated rings. The van der Waals surface area contributed by atoms with Crippen LogP contribution in [0.4, 0.5) is 0 Å². The largest absolute Gasteiger partial charge is 0.469 e. The Morgan fingerprint density at radius 3 is 2.26 bits per heavy atom. The quantitative estimate of drug-likeness (QED) is 0.656. The number of ether oxygens (including phenoxy) is 1. The topological polar surface area (TPSA) is 46.6 Å². The first-order valence-corrected chi connectivity index (χ1v) is 8.43. The molecule has 23 heavy (non-hydrogen) atoms. The second-order valence-corrected chi connectivity index (χ2v) is 5.96. The first-order valence-electron chi connectivity index (χ1n) is 8.43. The molecule has 0 aliphatic carbocycles. The van der Waals surface area contributed by atoms with E-state index in [-0.39, 0.29) is 23.7 Å². The number of benzene rings is 1. The number of carbonyl (C=O) groups is 2. The third kappa shape index (κ3) is 6.05. The van der Waals surface area contributed by atoms with Crippen molar-refractivity contribution in [1.82, 2.24) is 4.90 Å². The molecular formula is C19H29NO3. The summed E-state index contributed by atoms with van der Waals surface area (Å²) in [6, 6.07) is 10.1. The van der Waals surface area contributed by atoms with Crippen molar-refractivity contribution in [2.24, 2.45) is 11.8 Å². The van der Waals surface area contributed by atoms with Crippen molar-refractivity contribution in [3.8, 4) is 0 Å². The number of rotatable bonds is 9. The maximum absolute atomic E-state index is 12.7. The van der Waals surface area contributed by atoms with Crippen LogP contribution >= 0.6 is 0 Å². The Labute approximate surface area is 139 Å². The van der Waals surface area contributed by atoms with Gasteiger partial charge >= 0.3 is 5.97 Å². The molecule has 4 nitrogen and oxygen atoms in total. The monoisotopic (exact) mass is 319 g/mol. The zero-order valence-corrected chi connectivity index (χ0v) is 14.7. The highest BCUT2D eigenvalue weighted by atomic mass is 16.5. The molecule has 1 atom stereocenters. The van der Waals surface area contributed by atoms with Gasteiger partial charge in [0.25, 0.3) is 0 Å². The van der Waals surface area contributed by atoms with Gasteiger partial charge in [-0.1, -0.05) is 51.1 Å². The Hall–Kier alpha value is -1.84. The van der Waals surface area contributed by atoms with Crippen LogP contribution < -0.4 is 0 Å². The SMILES string of the molecule is CCC(CC)C(=O)N(CCc1ccccc1)CC(C)C(=O)OC. The first kappa shape index (κ1) is 19.2. The Kier molecular flexibility index (Phi) is 8.38. The van der Waals surface area contributed by atoms with E-state index < -0.39 is 0 Å². The van der Waals surface area contributed by atoms with E-state index in [2.05, 4.69) is 12.1 Å². The van der Waals surface area contributed by atoms with Gasteiger partial charge in [-0.05, 0) is 24.8 Å². The molecule has 0 spiro atoms. The van der Waals surface area contributed by atoms with E-state index in [1.54, 1.807) is 0 Å². The van der Waals surface area contributed by atoms with Gasteiger partial charge in [0.15, 0.2) is 0 Å². The van der Waals surface area contributed by atoms with Crippen molar-refractivity contribution in [2.45, 2.75) is 40.0 Å². The minimum Gasteiger partial charge on any atom is -0.469 e. The second-order valence-electron chi connectivity index (χ2n) is 5.96. The number of nitrogens with zero attached hydrogens (tertiary/aromatic N) is 1. The Morgan fingerprint density at radius 1 is 1.13 bits per heavy atom. The standard InChI is InChI=1S/C19H29NO3/c1-5-17(6-2)18(21)20(14-15(3)19(22)23-4)13-12-16-10-8-7-9-11-16/h7-11,15,17H,5-6,12-14H2,1-4H3. The molecule has 1 aromatic rings. The molecule has 0 radical (unpaired) electrons. The summed E-state index contributed by atoms with van der Waals surface area (Å²) < 4.78 is 4.79. The van der Waals surface area contributed by atoms with E-state index in [1.165, 1.54) is 12.7 Å². The summed E-state index contributed by atoms with van der Waals surface area (Å²) in [4.78, 5) is 26.3. The maximum Gasteiger partial charge on any atom is 0.310 e.